The molecule has 1 aromatic rings. The summed E-state index contributed by atoms with van der Waals surface area (Å²) in [6.07, 6.45) is 2.10. The number of nitrogens with zero attached hydrogens (tertiary/aromatic N) is 2. The van der Waals surface area contributed by atoms with Gasteiger partial charge in [-0.05, 0) is 59.7 Å². The van der Waals surface area contributed by atoms with Crippen LogP contribution in [-0.2, 0) is 9.59 Å². The highest BCUT2D eigenvalue weighted by atomic mass is 127. The summed E-state index contributed by atoms with van der Waals surface area (Å²) in [7, 11) is 2.90. The molecule has 0 atom stereocenters. The van der Waals surface area contributed by atoms with Gasteiger partial charge in [0.15, 0.2) is 11.5 Å². The Hall–Kier alpha value is -2.10. The number of hydrogen-bond acceptors (Lipinski definition) is 5. The van der Waals surface area contributed by atoms with E-state index >= 15 is 0 Å². The molecule has 1 heterocycles. The minimum Gasteiger partial charge on any atom is -0.493 e. The van der Waals surface area contributed by atoms with Crippen molar-refractivity contribution in [3.63, 3.8) is 0 Å². The third-order valence-corrected chi connectivity index (χ3v) is 4.63. The second kappa shape index (κ2) is 8.52. The van der Waals surface area contributed by atoms with Crippen molar-refractivity contribution in [2.75, 3.05) is 27.3 Å². The van der Waals surface area contributed by atoms with Gasteiger partial charge in [-0.25, -0.2) is 4.79 Å². The van der Waals surface area contributed by atoms with Crippen LogP contribution in [0.25, 0.3) is 6.08 Å². The SMILES string of the molecule is CCCN1C(=O)C(=Cc2cc(I)c(OCC)c(OC)c2)C(=O)N(C)C1=O. The third-order valence-electron chi connectivity index (χ3n) is 3.83. The van der Waals surface area contributed by atoms with E-state index in [2.05, 4.69) is 22.6 Å². The maximum atomic E-state index is 12.6. The number of imide groups is 2. The number of hydrogen-bond donors (Lipinski definition) is 0. The van der Waals surface area contributed by atoms with Gasteiger partial charge < -0.3 is 9.47 Å². The molecule has 1 aliphatic heterocycles. The standard InChI is InChI=1S/C18H21IN2O5/c1-5-7-21-17(23)12(16(22)20(3)18(21)24)8-11-9-13(19)15(26-6-2)14(10-11)25-4/h8-10H,5-7H2,1-4H3. The second-order valence-electron chi connectivity index (χ2n) is 5.63. The quantitative estimate of drug-likeness (QED) is 0.362. The Kier molecular flexibility index (Phi) is 6.63. The van der Waals surface area contributed by atoms with Crippen LogP contribution in [0, 0.1) is 3.57 Å². The van der Waals surface area contributed by atoms with Crippen molar-refractivity contribution in [3.05, 3.63) is 26.8 Å². The van der Waals surface area contributed by atoms with E-state index in [9.17, 15) is 14.4 Å². The van der Waals surface area contributed by atoms with Crippen molar-refractivity contribution in [1.82, 2.24) is 9.80 Å². The normalized spacial score (nSPS) is 16.5. The Morgan fingerprint density at radius 1 is 1.15 bits per heavy atom. The molecule has 0 N–H and O–H groups in total. The second-order valence-corrected chi connectivity index (χ2v) is 6.79. The van der Waals surface area contributed by atoms with Gasteiger partial charge in [-0.2, -0.15) is 0 Å². The Balaban J connectivity index is 2.50. The van der Waals surface area contributed by atoms with Crippen molar-refractivity contribution in [2.24, 2.45) is 0 Å². The summed E-state index contributed by atoms with van der Waals surface area (Å²) in [5, 5.41) is 0. The van der Waals surface area contributed by atoms with Crippen LogP contribution in [0.2, 0.25) is 0 Å². The first-order valence-corrected chi connectivity index (χ1v) is 9.29. The highest BCUT2D eigenvalue weighted by Crippen LogP contribution is 2.35. The predicted molar refractivity (Wildman–Crippen MR) is 105 cm³/mol. The Labute approximate surface area is 166 Å². The van der Waals surface area contributed by atoms with Crippen LogP contribution in [0.5, 0.6) is 11.5 Å². The lowest BCUT2D eigenvalue weighted by Crippen LogP contribution is -2.54. The lowest BCUT2D eigenvalue weighted by atomic mass is 10.1. The largest absolute Gasteiger partial charge is 0.493 e. The summed E-state index contributed by atoms with van der Waals surface area (Å²) < 4.78 is 11.7. The van der Waals surface area contributed by atoms with Crippen molar-refractivity contribution >= 4 is 46.5 Å². The highest BCUT2D eigenvalue weighted by molar-refractivity contribution is 14.1. The molecule has 4 amide bonds. The Morgan fingerprint density at radius 3 is 2.42 bits per heavy atom. The molecule has 1 fully saturated rings. The van der Waals surface area contributed by atoms with Gasteiger partial charge in [0.05, 0.1) is 17.3 Å². The minimum atomic E-state index is -0.616. The molecule has 0 unspecified atom stereocenters. The van der Waals surface area contributed by atoms with E-state index in [1.54, 1.807) is 12.1 Å². The van der Waals surface area contributed by atoms with E-state index in [1.807, 2.05) is 13.8 Å². The molecule has 8 heteroatoms. The van der Waals surface area contributed by atoms with E-state index in [4.69, 9.17) is 9.47 Å². The summed E-state index contributed by atoms with van der Waals surface area (Å²) in [6.45, 7) is 4.49. The van der Waals surface area contributed by atoms with Crippen molar-refractivity contribution in [1.29, 1.82) is 0 Å². The van der Waals surface area contributed by atoms with Gasteiger partial charge in [0.2, 0.25) is 0 Å². The lowest BCUT2D eigenvalue weighted by molar-refractivity contribution is -0.135. The molecule has 1 aliphatic rings. The van der Waals surface area contributed by atoms with Crippen LogP contribution in [-0.4, -0.2) is 55.0 Å². The van der Waals surface area contributed by atoms with Crippen molar-refractivity contribution < 1.29 is 23.9 Å². The number of halogens is 1. The van der Waals surface area contributed by atoms with Crippen LogP contribution in [0.3, 0.4) is 0 Å². The molecule has 7 nitrogen and oxygen atoms in total. The summed E-state index contributed by atoms with van der Waals surface area (Å²) in [5.41, 5.74) is 0.563. The number of urea groups is 1. The van der Waals surface area contributed by atoms with Crippen molar-refractivity contribution in [2.45, 2.75) is 20.3 Å². The van der Waals surface area contributed by atoms with Gasteiger partial charge in [-0.3, -0.25) is 19.4 Å². The molecule has 1 saturated heterocycles. The van der Waals surface area contributed by atoms with Crippen LogP contribution in [0.1, 0.15) is 25.8 Å². The van der Waals surface area contributed by atoms with E-state index in [1.165, 1.54) is 20.2 Å². The van der Waals surface area contributed by atoms with E-state index in [0.717, 1.165) is 13.4 Å². The first-order valence-electron chi connectivity index (χ1n) is 8.21. The predicted octanol–water partition coefficient (Wildman–Crippen LogP) is 2.91. The number of ether oxygens (including phenoxy) is 2. The number of methoxy groups -OCH3 is 1. The first-order chi connectivity index (χ1) is 12.3. The zero-order valence-electron chi connectivity index (χ0n) is 15.2. The monoisotopic (exact) mass is 472 g/mol. The van der Waals surface area contributed by atoms with Gasteiger partial charge in [-0.1, -0.05) is 6.92 Å². The molecule has 0 aromatic heterocycles. The first kappa shape index (κ1) is 20.2. The van der Waals surface area contributed by atoms with Crippen LogP contribution >= 0.6 is 22.6 Å². The summed E-state index contributed by atoms with van der Waals surface area (Å²) in [4.78, 5) is 39.3. The Bertz CT molecular complexity index is 775. The molecule has 0 spiro atoms. The summed E-state index contributed by atoms with van der Waals surface area (Å²) in [6, 6.07) is 2.89. The summed E-state index contributed by atoms with van der Waals surface area (Å²) in [5.74, 6) is -0.0758. The zero-order valence-corrected chi connectivity index (χ0v) is 17.3. The summed E-state index contributed by atoms with van der Waals surface area (Å²) >= 11 is 2.11. The number of rotatable bonds is 6. The fourth-order valence-corrected chi connectivity index (χ4v) is 3.37. The van der Waals surface area contributed by atoms with Gasteiger partial charge in [0, 0.05) is 13.6 Å². The van der Waals surface area contributed by atoms with Gasteiger partial charge in [0.1, 0.15) is 5.57 Å². The van der Waals surface area contributed by atoms with Crippen LogP contribution in [0.4, 0.5) is 4.79 Å². The van der Waals surface area contributed by atoms with Gasteiger partial charge in [-0.15, -0.1) is 0 Å². The number of carbonyl (C=O) groups is 3. The molecule has 0 radical (unpaired) electrons. The topological polar surface area (TPSA) is 76.2 Å². The van der Waals surface area contributed by atoms with E-state index < -0.39 is 17.8 Å². The number of amides is 4. The number of barbiturate groups is 1. The molecule has 2 rings (SSSR count). The fraction of sp³-hybridized carbons (Fsp3) is 0.389. The zero-order chi connectivity index (χ0) is 19.4. The average Bonchev–Trinajstić information content (AvgIpc) is 2.62. The smallest absolute Gasteiger partial charge is 0.333 e. The molecule has 0 bridgehead atoms. The van der Waals surface area contributed by atoms with Crippen LogP contribution in [0.15, 0.2) is 17.7 Å². The highest BCUT2D eigenvalue weighted by Gasteiger charge is 2.39. The fourth-order valence-electron chi connectivity index (χ4n) is 2.59. The maximum absolute atomic E-state index is 12.6. The maximum Gasteiger partial charge on any atom is 0.333 e. The van der Waals surface area contributed by atoms with E-state index in [0.29, 0.717) is 30.1 Å². The molecule has 1 aromatic carbocycles. The average molecular weight is 472 g/mol. The number of carbonyl (C=O) groups excluding carboxylic acids is 3. The molecular formula is C18H21IN2O5. The van der Waals surface area contributed by atoms with Crippen LogP contribution < -0.4 is 9.47 Å². The van der Waals surface area contributed by atoms with Gasteiger partial charge in [0.25, 0.3) is 11.8 Å². The molecule has 0 aliphatic carbocycles. The number of benzene rings is 1. The molecular weight excluding hydrogens is 451 g/mol. The third kappa shape index (κ3) is 3.84. The Morgan fingerprint density at radius 2 is 1.85 bits per heavy atom. The van der Waals surface area contributed by atoms with E-state index in [-0.39, 0.29) is 12.1 Å². The van der Waals surface area contributed by atoms with Gasteiger partial charge >= 0.3 is 6.03 Å². The molecule has 140 valence electrons. The number of likely N-dealkylation sites (N-methyl/N-ethyl adjacent to an activating group) is 1. The van der Waals surface area contributed by atoms with Crippen molar-refractivity contribution in [3.8, 4) is 11.5 Å². The molecule has 26 heavy (non-hydrogen) atoms. The lowest BCUT2D eigenvalue weighted by Gasteiger charge is -2.31. The molecule has 0 saturated carbocycles. The minimum absolute atomic E-state index is 0.0532.